The average Bonchev–Trinajstić information content (AvgIpc) is 2.46. The Morgan fingerprint density at radius 1 is 1.00 bits per heavy atom. The summed E-state index contributed by atoms with van der Waals surface area (Å²) < 4.78 is 37.8. The van der Waals surface area contributed by atoms with Crippen LogP contribution in [0.3, 0.4) is 0 Å². The number of carbonyl (C=O) groups is 2. The molecule has 2 heterocycles. The highest BCUT2D eigenvalue weighted by atomic mass is 19.4. The van der Waals surface area contributed by atoms with Crippen molar-refractivity contribution in [2.75, 3.05) is 26.2 Å². The van der Waals surface area contributed by atoms with Gasteiger partial charge >= 0.3 is 18.2 Å². The predicted octanol–water partition coefficient (Wildman–Crippen LogP) is 2.18. The Morgan fingerprint density at radius 2 is 1.62 bits per heavy atom. The highest BCUT2D eigenvalue weighted by Crippen LogP contribution is 2.34. The standard InChI is InChI=1S/C13H19F3N2O3/c14-13(15,16)10-3-6-17(7-4-10)12(21)18-5-1-2-9(8-18)11(19)20/h9-10H,1-8H2,(H,19,20). The summed E-state index contributed by atoms with van der Waals surface area (Å²) in [5, 5.41) is 9.00. The van der Waals surface area contributed by atoms with Gasteiger partial charge in [0.1, 0.15) is 0 Å². The Morgan fingerprint density at radius 3 is 2.14 bits per heavy atom. The Hall–Kier alpha value is -1.47. The molecule has 2 aliphatic rings. The third-order valence-corrected chi connectivity index (χ3v) is 4.27. The van der Waals surface area contributed by atoms with E-state index in [4.69, 9.17) is 5.11 Å². The van der Waals surface area contributed by atoms with E-state index in [-0.39, 0.29) is 38.5 Å². The normalized spacial score (nSPS) is 25.0. The highest BCUT2D eigenvalue weighted by molar-refractivity contribution is 5.76. The summed E-state index contributed by atoms with van der Waals surface area (Å²) in [5.74, 6) is -2.84. The summed E-state index contributed by atoms with van der Waals surface area (Å²) in [6, 6.07) is -0.332. The zero-order valence-corrected chi connectivity index (χ0v) is 11.6. The first-order valence-corrected chi connectivity index (χ1v) is 7.12. The van der Waals surface area contributed by atoms with E-state index < -0.39 is 24.0 Å². The van der Waals surface area contributed by atoms with Gasteiger partial charge in [-0.2, -0.15) is 13.2 Å². The van der Waals surface area contributed by atoms with Crippen LogP contribution in [-0.4, -0.2) is 59.3 Å². The fraction of sp³-hybridized carbons (Fsp3) is 0.846. The van der Waals surface area contributed by atoms with Crippen LogP contribution in [0.1, 0.15) is 25.7 Å². The van der Waals surface area contributed by atoms with Crippen molar-refractivity contribution in [2.45, 2.75) is 31.9 Å². The van der Waals surface area contributed by atoms with Crippen LogP contribution in [-0.2, 0) is 4.79 Å². The molecule has 120 valence electrons. The Labute approximate surface area is 120 Å². The largest absolute Gasteiger partial charge is 0.481 e. The van der Waals surface area contributed by atoms with Crippen molar-refractivity contribution >= 4 is 12.0 Å². The molecule has 0 aliphatic carbocycles. The van der Waals surface area contributed by atoms with Gasteiger partial charge in [0.15, 0.2) is 0 Å². The van der Waals surface area contributed by atoms with Gasteiger partial charge in [0.05, 0.1) is 11.8 Å². The van der Waals surface area contributed by atoms with Crippen LogP contribution >= 0.6 is 0 Å². The fourth-order valence-electron chi connectivity index (χ4n) is 2.95. The summed E-state index contributed by atoms with van der Waals surface area (Å²) in [6.45, 7) is 0.781. The number of likely N-dealkylation sites (tertiary alicyclic amines) is 2. The molecule has 2 aliphatic heterocycles. The van der Waals surface area contributed by atoms with Crippen molar-refractivity contribution in [3.05, 3.63) is 0 Å². The first-order chi connectivity index (χ1) is 9.79. The van der Waals surface area contributed by atoms with Gasteiger partial charge in [-0.05, 0) is 25.7 Å². The van der Waals surface area contributed by atoms with Crippen LogP contribution < -0.4 is 0 Å². The lowest BCUT2D eigenvalue weighted by Crippen LogP contribution is -2.51. The number of hydrogen-bond donors (Lipinski definition) is 1. The van der Waals surface area contributed by atoms with E-state index in [1.54, 1.807) is 0 Å². The van der Waals surface area contributed by atoms with Crippen molar-refractivity contribution in [3.8, 4) is 0 Å². The van der Waals surface area contributed by atoms with Crippen LogP contribution in [0.4, 0.5) is 18.0 Å². The minimum absolute atomic E-state index is 0.0779. The first-order valence-electron chi connectivity index (χ1n) is 7.12. The maximum atomic E-state index is 12.6. The lowest BCUT2D eigenvalue weighted by molar-refractivity contribution is -0.183. The van der Waals surface area contributed by atoms with Crippen molar-refractivity contribution in [1.82, 2.24) is 9.80 Å². The molecule has 8 heteroatoms. The van der Waals surface area contributed by atoms with E-state index in [2.05, 4.69) is 0 Å². The molecule has 0 spiro atoms. The Balaban J connectivity index is 1.88. The molecule has 1 N–H and O–H groups in total. The topological polar surface area (TPSA) is 60.9 Å². The molecule has 21 heavy (non-hydrogen) atoms. The minimum atomic E-state index is -4.20. The number of carboxylic acid groups (broad SMARTS) is 1. The number of urea groups is 1. The van der Waals surface area contributed by atoms with E-state index in [1.165, 1.54) is 9.80 Å². The van der Waals surface area contributed by atoms with Gasteiger partial charge in [0.25, 0.3) is 0 Å². The second-order valence-electron chi connectivity index (χ2n) is 5.71. The molecule has 0 bridgehead atoms. The van der Waals surface area contributed by atoms with Gasteiger partial charge in [-0.25, -0.2) is 4.79 Å². The lowest BCUT2D eigenvalue weighted by Gasteiger charge is -2.38. The van der Waals surface area contributed by atoms with Gasteiger partial charge in [-0.3, -0.25) is 4.79 Å². The molecule has 2 rings (SSSR count). The van der Waals surface area contributed by atoms with Crippen LogP contribution in [0.25, 0.3) is 0 Å². The maximum absolute atomic E-state index is 12.6. The molecule has 5 nitrogen and oxygen atoms in total. The molecule has 0 aromatic heterocycles. The second kappa shape index (κ2) is 6.11. The summed E-state index contributed by atoms with van der Waals surface area (Å²) in [6.07, 6.45) is -3.21. The molecule has 2 fully saturated rings. The molecule has 2 saturated heterocycles. The smallest absolute Gasteiger partial charge is 0.391 e. The van der Waals surface area contributed by atoms with Crippen LogP contribution in [0, 0.1) is 11.8 Å². The van der Waals surface area contributed by atoms with E-state index >= 15 is 0 Å². The SMILES string of the molecule is O=C(O)C1CCCN(C(=O)N2CCC(C(F)(F)F)CC2)C1. The number of carboxylic acids is 1. The zero-order valence-electron chi connectivity index (χ0n) is 11.6. The van der Waals surface area contributed by atoms with Crippen LogP contribution in [0.15, 0.2) is 0 Å². The van der Waals surface area contributed by atoms with Crippen molar-refractivity contribution in [2.24, 2.45) is 11.8 Å². The molecule has 0 radical (unpaired) electrons. The van der Waals surface area contributed by atoms with Gasteiger partial charge < -0.3 is 14.9 Å². The van der Waals surface area contributed by atoms with Crippen molar-refractivity contribution < 1.29 is 27.9 Å². The second-order valence-corrected chi connectivity index (χ2v) is 5.71. The van der Waals surface area contributed by atoms with E-state index in [0.29, 0.717) is 19.4 Å². The molecule has 1 atom stereocenters. The monoisotopic (exact) mass is 308 g/mol. The Bertz CT molecular complexity index is 406. The highest BCUT2D eigenvalue weighted by Gasteiger charge is 2.42. The maximum Gasteiger partial charge on any atom is 0.391 e. The molecular formula is C13H19F3N2O3. The number of halogens is 3. The lowest BCUT2D eigenvalue weighted by atomic mass is 9.96. The number of carbonyl (C=O) groups excluding carboxylic acids is 1. The molecule has 0 saturated carbocycles. The number of rotatable bonds is 1. The number of hydrogen-bond acceptors (Lipinski definition) is 2. The van der Waals surface area contributed by atoms with Gasteiger partial charge in [-0.1, -0.05) is 0 Å². The molecular weight excluding hydrogens is 289 g/mol. The van der Waals surface area contributed by atoms with Gasteiger partial charge in [0, 0.05) is 26.2 Å². The van der Waals surface area contributed by atoms with Gasteiger partial charge in [-0.15, -0.1) is 0 Å². The van der Waals surface area contributed by atoms with E-state index in [9.17, 15) is 22.8 Å². The summed E-state index contributed by atoms with van der Waals surface area (Å²) in [4.78, 5) is 26.1. The summed E-state index contributed by atoms with van der Waals surface area (Å²) in [7, 11) is 0. The zero-order chi connectivity index (χ0) is 15.6. The number of nitrogens with zero attached hydrogens (tertiary/aromatic N) is 2. The number of alkyl halides is 3. The molecule has 0 aromatic rings. The minimum Gasteiger partial charge on any atom is -0.481 e. The summed E-state index contributed by atoms with van der Waals surface area (Å²) in [5.41, 5.74) is 0. The third kappa shape index (κ3) is 3.79. The Kier molecular flexibility index (Phi) is 4.63. The predicted molar refractivity (Wildman–Crippen MR) is 67.7 cm³/mol. The number of amides is 2. The average molecular weight is 308 g/mol. The summed E-state index contributed by atoms with van der Waals surface area (Å²) >= 11 is 0. The van der Waals surface area contributed by atoms with Gasteiger partial charge in [0.2, 0.25) is 0 Å². The van der Waals surface area contributed by atoms with Crippen LogP contribution in [0.2, 0.25) is 0 Å². The van der Waals surface area contributed by atoms with E-state index in [1.807, 2.05) is 0 Å². The molecule has 1 unspecified atom stereocenters. The quantitative estimate of drug-likeness (QED) is 0.807. The number of piperidine rings is 2. The van der Waals surface area contributed by atoms with E-state index in [0.717, 1.165) is 0 Å². The third-order valence-electron chi connectivity index (χ3n) is 4.27. The van der Waals surface area contributed by atoms with Crippen molar-refractivity contribution in [1.29, 1.82) is 0 Å². The fourth-order valence-corrected chi connectivity index (χ4v) is 2.95. The first kappa shape index (κ1) is 15.9. The molecule has 0 aromatic carbocycles. The van der Waals surface area contributed by atoms with Crippen LogP contribution in [0.5, 0.6) is 0 Å². The molecule has 2 amide bonds. The van der Waals surface area contributed by atoms with Crippen molar-refractivity contribution in [3.63, 3.8) is 0 Å². The number of aliphatic carboxylic acids is 1.